The minimum Gasteiger partial charge on any atom is -0.593 e. The van der Waals surface area contributed by atoms with Crippen LogP contribution in [0.15, 0.2) is 71.6 Å². The predicted octanol–water partition coefficient (Wildman–Crippen LogP) is 5.44. The molecule has 0 amide bonds. The highest BCUT2D eigenvalue weighted by atomic mass is 32.3. The zero-order valence-electron chi connectivity index (χ0n) is 19.1. The third-order valence-corrected chi connectivity index (χ3v) is 7.61. The van der Waals surface area contributed by atoms with Gasteiger partial charge in [-0.15, -0.1) is 4.72 Å². The van der Waals surface area contributed by atoms with Crippen molar-refractivity contribution in [3.63, 3.8) is 0 Å². The van der Waals surface area contributed by atoms with E-state index >= 15 is 0 Å². The molecule has 4 rings (SSSR count). The second kappa shape index (κ2) is 9.67. The van der Waals surface area contributed by atoms with Gasteiger partial charge in [-0.25, -0.2) is 0 Å². The fraction of sp³-hybridized carbons (Fsp3) is 0.333. The van der Waals surface area contributed by atoms with Crippen LogP contribution in [-0.4, -0.2) is 28.6 Å². The average Bonchev–Trinajstić information content (AvgIpc) is 2.74. The number of hydrogen-bond donors (Lipinski definition) is 1. The molecular formula is C27H32N2O2S. The number of benzene rings is 3. The smallest absolute Gasteiger partial charge is 0.175 e. The normalized spacial score (nSPS) is 18.9. The van der Waals surface area contributed by atoms with E-state index in [1.807, 2.05) is 19.1 Å². The lowest BCUT2D eigenvalue weighted by Crippen LogP contribution is -2.49. The van der Waals surface area contributed by atoms with Gasteiger partial charge in [0.2, 0.25) is 0 Å². The van der Waals surface area contributed by atoms with Gasteiger partial charge >= 0.3 is 0 Å². The Labute approximate surface area is 193 Å². The summed E-state index contributed by atoms with van der Waals surface area (Å²) in [6.45, 7) is 8.76. The summed E-state index contributed by atoms with van der Waals surface area (Å²) in [5.41, 5.74) is 7.32. The van der Waals surface area contributed by atoms with Gasteiger partial charge in [-0.3, -0.25) is 4.90 Å². The minimum atomic E-state index is -3.49. The molecule has 1 aliphatic rings. The van der Waals surface area contributed by atoms with Crippen LogP contribution in [0.4, 0.5) is 0 Å². The summed E-state index contributed by atoms with van der Waals surface area (Å²) in [5.74, 6) is 0. The quantitative estimate of drug-likeness (QED) is 0.511. The average molecular weight is 449 g/mol. The Morgan fingerprint density at radius 3 is 2.22 bits per heavy atom. The Morgan fingerprint density at radius 2 is 1.56 bits per heavy atom. The molecule has 4 nitrogen and oxygen atoms in total. The summed E-state index contributed by atoms with van der Waals surface area (Å²) in [5, 5.41) is 0. The Kier molecular flexibility index (Phi) is 6.91. The molecule has 0 radical (unpaired) electrons. The minimum absolute atomic E-state index is 0.0652. The maximum atomic E-state index is 12.8. The molecule has 3 aromatic rings. The molecule has 1 N–H and O–H groups in total. The molecule has 32 heavy (non-hydrogen) atoms. The Bertz CT molecular complexity index is 1090. The lowest BCUT2D eigenvalue weighted by molar-refractivity contribution is 0.193. The van der Waals surface area contributed by atoms with Crippen molar-refractivity contribution in [1.82, 2.24) is 9.62 Å². The van der Waals surface area contributed by atoms with E-state index in [9.17, 15) is 8.76 Å². The van der Waals surface area contributed by atoms with Gasteiger partial charge in [-0.05, 0) is 69.0 Å². The van der Waals surface area contributed by atoms with Gasteiger partial charge in [0.05, 0.1) is 6.04 Å². The van der Waals surface area contributed by atoms with Crippen LogP contribution in [-0.2, 0) is 21.2 Å². The van der Waals surface area contributed by atoms with Gasteiger partial charge in [-0.2, -0.15) is 0 Å². The fourth-order valence-corrected chi connectivity index (χ4v) is 5.76. The van der Waals surface area contributed by atoms with Crippen molar-refractivity contribution in [2.24, 2.45) is 0 Å². The number of nitrogens with zero attached hydrogens (tertiary/aromatic N) is 1. The van der Waals surface area contributed by atoms with Crippen molar-refractivity contribution in [1.29, 1.82) is 0 Å². The summed E-state index contributed by atoms with van der Waals surface area (Å²) in [7, 11) is -3.49. The number of likely N-dealkylation sites (tertiary alicyclic amines) is 1. The Balaban J connectivity index is 1.38. The van der Waals surface area contributed by atoms with Gasteiger partial charge < -0.3 is 4.55 Å². The van der Waals surface area contributed by atoms with E-state index in [0.29, 0.717) is 4.90 Å². The first-order chi connectivity index (χ1) is 15.3. The molecule has 2 unspecified atom stereocenters. The van der Waals surface area contributed by atoms with Crippen LogP contribution < -0.4 is 4.72 Å². The lowest BCUT2D eigenvalue weighted by atomic mass is 9.99. The van der Waals surface area contributed by atoms with Gasteiger partial charge in [0.25, 0.3) is 0 Å². The molecule has 1 heterocycles. The molecule has 0 saturated carbocycles. The molecule has 1 saturated heterocycles. The molecule has 0 aromatic heterocycles. The first-order valence-electron chi connectivity index (χ1n) is 11.3. The zero-order chi connectivity index (χ0) is 22.7. The fourth-order valence-electron chi connectivity index (χ4n) is 4.50. The van der Waals surface area contributed by atoms with E-state index in [1.54, 1.807) is 12.1 Å². The van der Waals surface area contributed by atoms with Crippen molar-refractivity contribution in [2.45, 2.75) is 51.1 Å². The Morgan fingerprint density at radius 1 is 0.906 bits per heavy atom. The molecule has 0 bridgehead atoms. The van der Waals surface area contributed by atoms with E-state index in [-0.39, 0.29) is 6.04 Å². The summed E-state index contributed by atoms with van der Waals surface area (Å²) in [6.07, 6.45) is 1.86. The van der Waals surface area contributed by atoms with Crippen molar-refractivity contribution < 1.29 is 8.76 Å². The van der Waals surface area contributed by atoms with Crippen LogP contribution in [0, 0.1) is 20.8 Å². The molecule has 0 spiro atoms. The molecule has 1 aliphatic heterocycles. The first-order valence-corrected chi connectivity index (χ1v) is 12.8. The van der Waals surface area contributed by atoms with Gasteiger partial charge in [0.15, 0.2) is 15.3 Å². The van der Waals surface area contributed by atoms with Crippen LogP contribution >= 0.6 is 0 Å². The molecule has 5 heteroatoms. The van der Waals surface area contributed by atoms with E-state index in [0.717, 1.165) is 38.0 Å². The highest BCUT2D eigenvalue weighted by Gasteiger charge is 2.28. The molecule has 168 valence electrons. The number of piperidine rings is 1. The van der Waals surface area contributed by atoms with E-state index < -0.39 is 10.4 Å². The number of hydrogen-bond acceptors (Lipinski definition) is 3. The standard InChI is InChI=1S/C27H32N2O2S/c1-20-6-12-27(13-7-20)32(30,31)28-26-5-4-14-29(19-26)18-23-8-10-24(11-9-23)25-16-21(2)15-22(3)17-25/h6-13,15-17,26H,4-5,14,18-19H2,1-3H3,(H-,28,30,31). The van der Waals surface area contributed by atoms with Gasteiger partial charge in [0, 0.05) is 13.1 Å². The number of rotatable bonds is 6. The predicted molar refractivity (Wildman–Crippen MR) is 131 cm³/mol. The Hall–Kier alpha value is -2.31. The van der Waals surface area contributed by atoms with Crippen molar-refractivity contribution in [3.8, 4) is 11.1 Å². The number of sulfonamides is 1. The summed E-state index contributed by atoms with van der Waals surface area (Å²) >= 11 is 0. The highest BCUT2D eigenvalue weighted by molar-refractivity contribution is 7.95. The van der Waals surface area contributed by atoms with E-state index in [2.05, 4.69) is 65.9 Å². The molecule has 0 aliphatic carbocycles. The number of nitrogens with one attached hydrogen (secondary N) is 1. The summed E-state index contributed by atoms with van der Waals surface area (Å²) in [6, 6.07) is 22.3. The van der Waals surface area contributed by atoms with E-state index in [1.165, 1.54) is 27.8 Å². The maximum Gasteiger partial charge on any atom is 0.175 e. The van der Waals surface area contributed by atoms with Crippen LogP contribution in [0.1, 0.15) is 35.1 Å². The second-order valence-corrected chi connectivity index (χ2v) is 10.8. The van der Waals surface area contributed by atoms with Crippen molar-refractivity contribution >= 4 is 10.4 Å². The van der Waals surface area contributed by atoms with Crippen LogP contribution in [0.2, 0.25) is 0 Å². The topological polar surface area (TPSA) is 55.4 Å². The van der Waals surface area contributed by atoms with Gasteiger partial charge in [0.1, 0.15) is 0 Å². The first kappa shape index (κ1) is 22.9. The second-order valence-electron chi connectivity index (χ2n) is 9.08. The van der Waals surface area contributed by atoms with Gasteiger partial charge in [-0.1, -0.05) is 75.5 Å². The van der Waals surface area contributed by atoms with Crippen LogP contribution in [0.3, 0.4) is 0 Å². The highest BCUT2D eigenvalue weighted by Crippen LogP contribution is 2.24. The third-order valence-electron chi connectivity index (χ3n) is 6.07. The molecule has 3 aromatic carbocycles. The third kappa shape index (κ3) is 5.73. The monoisotopic (exact) mass is 448 g/mol. The van der Waals surface area contributed by atoms with Crippen LogP contribution in [0.5, 0.6) is 0 Å². The maximum absolute atomic E-state index is 12.8. The largest absolute Gasteiger partial charge is 0.593 e. The van der Waals surface area contributed by atoms with Crippen molar-refractivity contribution in [2.75, 3.05) is 13.1 Å². The zero-order valence-corrected chi connectivity index (χ0v) is 20.0. The molecule has 2 atom stereocenters. The SMILES string of the molecule is Cc1ccc([S+](=O)([O-])NC2CCCN(Cc3ccc(-c4cc(C)cc(C)c4)cc3)C2)cc1. The van der Waals surface area contributed by atoms with Crippen molar-refractivity contribution in [3.05, 3.63) is 89.0 Å². The summed E-state index contributed by atoms with van der Waals surface area (Å²) < 4.78 is 28.5. The molecular weight excluding hydrogens is 416 g/mol. The van der Waals surface area contributed by atoms with E-state index in [4.69, 9.17) is 0 Å². The lowest BCUT2D eigenvalue weighted by Gasteiger charge is -2.33. The number of aryl methyl sites for hydroxylation is 3. The van der Waals surface area contributed by atoms with Crippen LogP contribution in [0.25, 0.3) is 11.1 Å². The summed E-state index contributed by atoms with van der Waals surface area (Å²) in [4.78, 5) is 2.68. The molecule has 1 fully saturated rings.